The van der Waals surface area contributed by atoms with Gasteiger partial charge in [-0.3, -0.25) is 4.90 Å². The van der Waals surface area contributed by atoms with Crippen molar-refractivity contribution in [1.82, 2.24) is 4.90 Å². The summed E-state index contributed by atoms with van der Waals surface area (Å²) in [7, 11) is 0. The first-order valence-corrected chi connectivity index (χ1v) is 5.79. The van der Waals surface area contributed by atoms with Gasteiger partial charge in [0.1, 0.15) is 17.2 Å². The second-order valence-corrected chi connectivity index (χ2v) is 4.28. The van der Waals surface area contributed by atoms with Gasteiger partial charge in [-0.2, -0.15) is 0 Å². The van der Waals surface area contributed by atoms with E-state index in [1.807, 2.05) is 6.07 Å². The van der Waals surface area contributed by atoms with Gasteiger partial charge in [0, 0.05) is 24.5 Å². The largest absolute Gasteiger partial charge is 0.460 e. The number of furan rings is 1. The van der Waals surface area contributed by atoms with Crippen LogP contribution in [-0.2, 0) is 11.3 Å². The number of nitrogens with zero attached hydrogens (tertiary/aromatic N) is 1. The molecule has 1 aliphatic heterocycles. The third-order valence-corrected chi connectivity index (χ3v) is 3.02. The summed E-state index contributed by atoms with van der Waals surface area (Å²) >= 11 is 0. The van der Waals surface area contributed by atoms with E-state index in [4.69, 9.17) is 9.15 Å². The van der Waals surface area contributed by atoms with E-state index >= 15 is 0 Å². The normalized spacial score (nSPS) is 17.7. The molecule has 0 amide bonds. The minimum atomic E-state index is -0.259. The van der Waals surface area contributed by atoms with Crippen molar-refractivity contribution in [3.63, 3.8) is 0 Å². The summed E-state index contributed by atoms with van der Waals surface area (Å²) in [5, 5.41) is 0.953. The van der Waals surface area contributed by atoms with Gasteiger partial charge in [0.25, 0.3) is 0 Å². The van der Waals surface area contributed by atoms with E-state index in [1.165, 1.54) is 12.1 Å². The molecular formula is C13H14FNO2. The molecule has 0 saturated carbocycles. The van der Waals surface area contributed by atoms with E-state index in [0.717, 1.165) is 44.0 Å². The van der Waals surface area contributed by atoms with Crippen LogP contribution in [0.2, 0.25) is 0 Å². The molecule has 1 aromatic carbocycles. The highest BCUT2D eigenvalue weighted by Crippen LogP contribution is 2.21. The van der Waals surface area contributed by atoms with Crippen molar-refractivity contribution < 1.29 is 13.5 Å². The standard InChI is InChI=1S/C13H14FNO2/c14-11-2-1-10-7-12(17-13(10)8-11)9-15-3-5-16-6-4-15/h1-2,7-8H,3-6,9H2. The number of ether oxygens (including phenoxy) is 1. The zero-order chi connectivity index (χ0) is 11.7. The Bertz CT molecular complexity index is 517. The van der Waals surface area contributed by atoms with Crippen LogP contribution in [0.4, 0.5) is 4.39 Å². The number of hydrogen-bond donors (Lipinski definition) is 0. The predicted octanol–water partition coefficient (Wildman–Crippen LogP) is 2.40. The van der Waals surface area contributed by atoms with Gasteiger partial charge in [-0.1, -0.05) is 0 Å². The maximum absolute atomic E-state index is 13.0. The molecule has 0 unspecified atom stereocenters. The van der Waals surface area contributed by atoms with Crippen LogP contribution < -0.4 is 0 Å². The minimum absolute atomic E-state index is 0.259. The molecular weight excluding hydrogens is 221 g/mol. The Balaban J connectivity index is 1.80. The van der Waals surface area contributed by atoms with Crippen LogP contribution in [0.25, 0.3) is 11.0 Å². The summed E-state index contributed by atoms with van der Waals surface area (Å²) in [6.07, 6.45) is 0. The van der Waals surface area contributed by atoms with E-state index < -0.39 is 0 Å². The molecule has 17 heavy (non-hydrogen) atoms. The monoisotopic (exact) mass is 235 g/mol. The van der Waals surface area contributed by atoms with E-state index in [0.29, 0.717) is 5.58 Å². The lowest BCUT2D eigenvalue weighted by atomic mass is 10.2. The Hall–Kier alpha value is -1.39. The number of fused-ring (bicyclic) bond motifs is 1. The summed E-state index contributed by atoms with van der Waals surface area (Å²) < 4.78 is 23.9. The van der Waals surface area contributed by atoms with Crippen molar-refractivity contribution in [2.75, 3.05) is 26.3 Å². The first-order valence-electron chi connectivity index (χ1n) is 5.79. The van der Waals surface area contributed by atoms with Crippen LogP contribution in [0.15, 0.2) is 28.7 Å². The van der Waals surface area contributed by atoms with Crippen LogP contribution in [-0.4, -0.2) is 31.2 Å². The zero-order valence-corrected chi connectivity index (χ0v) is 9.49. The van der Waals surface area contributed by atoms with Crippen molar-refractivity contribution in [1.29, 1.82) is 0 Å². The summed E-state index contributed by atoms with van der Waals surface area (Å²) in [6, 6.07) is 6.61. The highest BCUT2D eigenvalue weighted by Gasteiger charge is 2.13. The Morgan fingerprint density at radius 2 is 2.00 bits per heavy atom. The second kappa shape index (κ2) is 4.47. The molecule has 1 saturated heterocycles. The first kappa shape index (κ1) is 10.7. The Labute approximate surface area is 98.8 Å². The molecule has 0 spiro atoms. The number of morpholine rings is 1. The van der Waals surface area contributed by atoms with Gasteiger partial charge in [0.2, 0.25) is 0 Å². The van der Waals surface area contributed by atoms with E-state index in [-0.39, 0.29) is 5.82 Å². The molecule has 90 valence electrons. The van der Waals surface area contributed by atoms with Crippen LogP contribution in [0.1, 0.15) is 5.76 Å². The summed E-state index contributed by atoms with van der Waals surface area (Å²) in [5.41, 5.74) is 0.619. The number of benzene rings is 1. The summed E-state index contributed by atoms with van der Waals surface area (Å²) in [4.78, 5) is 2.28. The first-order chi connectivity index (χ1) is 8.31. The highest BCUT2D eigenvalue weighted by atomic mass is 19.1. The molecule has 4 heteroatoms. The topological polar surface area (TPSA) is 25.6 Å². The van der Waals surface area contributed by atoms with Crippen LogP contribution in [0.5, 0.6) is 0 Å². The van der Waals surface area contributed by atoms with Crippen LogP contribution >= 0.6 is 0 Å². The van der Waals surface area contributed by atoms with Gasteiger partial charge >= 0.3 is 0 Å². The fraction of sp³-hybridized carbons (Fsp3) is 0.385. The smallest absolute Gasteiger partial charge is 0.137 e. The van der Waals surface area contributed by atoms with Crippen molar-refractivity contribution in [2.24, 2.45) is 0 Å². The summed E-state index contributed by atoms with van der Waals surface area (Å²) in [6.45, 7) is 4.15. The average molecular weight is 235 g/mol. The fourth-order valence-corrected chi connectivity index (χ4v) is 2.12. The molecule has 0 radical (unpaired) electrons. The van der Waals surface area contributed by atoms with Crippen molar-refractivity contribution >= 4 is 11.0 Å². The molecule has 0 bridgehead atoms. The van der Waals surface area contributed by atoms with Crippen molar-refractivity contribution in [2.45, 2.75) is 6.54 Å². The summed E-state index contributed by atoms with van der Waals surface area (Å²) in [5.74, 6) is 0.622. The SMILES string of the molecule is Fc1ccc2cc(CN3CCOCC3)oc2c1. The van der Waals surface area contributed by atoms with Gasteiger partial charge in [0.05, 0.1) is 19.8 Å². The maximum Gasteiger partial charge on any atom is 0.137 e. The van der Waals surface area contributed by atoms with Crippen LogP contribution in [0, 0.1) is 5.82 Å². The van der Waals surface area contributed by atoms with Gasteiger partial charge in [-0.25, -0.2) is 4.39 Å². The molecule has 0 atom stereocenters. The third-order valence-electron chi connectivity index (χ3n) is 3.02. The van der Waals surface area contributed by atoms with Crippen LogP contribution in [0.3, 0.4) is 0 Å². The second-order valence-electron chi connectivity index (χ2n) is 4.28. The number of halogens is 1. The van der Waals surface area contributed by atoms with Gasteiger partial charge in [-0.05, 0) is 18.2 Å². The molecule has 3 rings (SSSR count). The predicted molar refractivity (Wildman–Crippen MR) is 62.3 cm³/mol. The van der Waals surface area contributed by atoms with Gasteiger partial charge in [-0.15, -0.1) is 0 Å². The Kier molecular flexibility index (Phi) is 2.82. The van der Waals surface area contributed by atoms with E-state index in [1.54, 1.807) is 6.07 Å². The maximum atomic E-state index is 13.0. The molecule has 1 aromatic heterocycles. The molecule has 1 fully saturated rings. The lowest BCUT2D eigenvalue weighted by Gasteiger charge is -2.25. The van der Waals surface area contributed by atoms with Crippen molar-refractivity contribution in [3.8, 4) is 0 Å². The highest BCUT2D eigenvalue weighted by molar-refractivity contribution is 5.77. The van der Waals surface area contributed by atoms with Gasteiger partial charge < -0.3 is 9.15 Å². The average Bonchev–Trinajstić information content (AvgIpc) is 2.71. The van der Waals surface area contributed by atoms with E-state index in [9.17, 15) is 4.39 Å². The number of hydrogen-bond acceptors (Lipinski definition) is 3. The molecule has 0 aliphatic carbocycles. The molecule has 3 nitrogen and oxygen atoms in total. The molecule has 1 aliphatic rings. The van der Waals surface area contributed by atoms with Gasteiger partial charge in [0.15, 0.2) is 0 Å². The third kappa shape index (κ3) is 2.33. The molecule has 2 heterocycles. The quantitative estimate of drug-likeness (QED) is 0.799. The lowest BCUT2D eigenvalue weighted by Crippen LogP contribution is -2.35. The minimum Gasteiger partial charge on any atom is -0.460 e. The Morgan fingerprint density at radius 3 is 2.82 bits per heavy atom. The fourth-order valence-electron chi connectivity index (χ4n) is 2.12. The lowest BCUT2D eigenvalue weighted by molar-refractivity contribution is 0.0315. The van der Waals surface area contributed by atoms with Crippen molar-refractivity contribution in [3.05, 3.63) is 35.8 Å². The Morgan fingerprint density at radius 1 is 1.18 bits per heavy atom. The number of rotatable bonds is 2. The zero-order valence-electron chi connectivity index (χ0n) is 9.49. The van der Waals surface area contributed by atoms with E-state index in [2.05, 4.69) is 4.90 Å². The molecule has 0 N–H and O–H groups in total. The molecule has 2 aromatic rings.